The summed E-state index contributed by atoms with van der Waals surface area (Å²) in [5.41, 5.74) is 5.69. The molecular formula is C25H21NO4S. The van der Waals surface area contributed by atoms with Gasteiger partial charge in [0.05, 0.1) is 24.6 Å². The fraction of sp³-hybridized carbons (Fsp3) is 0.240. The highest BCUT2D eigenvalue weighted by Crippen LogP contribution is 2.44. The van der Waals surface area contributed by atoms with Crippen LogP contribution in [0.4, 0.5) is 4.79 Å². The topological polar surface area (TPSA) is 56.8 Å². The quantitative estimate of drug-likeness (QED) is 0.610. The Morgan fingerprint density at radius 3 is 2.45 bits per heavy atom. The summed E-state index contributed by atoms with van der Waals surface area (Å²) in [5.74, 6) is 6.05. The number of thiophene rings is 1. The molecule has 1 amide bonds. The molecule has 1 saturated heterocycles. The van der Waals surface area contributed by atoms with Gasteiger partial charge in [-0.3, -0.25) is 0 Å². The van der Waals surface area contributed by atoms with Gasteiger partial charge in [-0.05, 0) is 28.3 Å². The van der Waals surface area contributed by atoms with Gasteiger partial charge in [0.25, 0.3) is 0 Å². The van der Waals surface area contributed by atoms with Crippen molar-refractivity contribution in [1.29, 1.82) is 0 Å². The Hall–Kier alpha value is -3.11. The predicted molar refractivity (Wildman–Crippen MR) is 119 cm³/mol. The van der Waals surface area contributed by atoms with Crippen molar-refractivity contribution in [3.63, 3.8) is 0 Å². The molecule has 0 bridgehead atoms. The van der Waals surface area contributed by atoms with E-state index in [0.29, 0.717) is 19.8 Å². The Kier molecular flexibility index (Phi) is 5.72. The molecule has 2 heterocycles. The van der Waals surface area contributed by atoms with Gasteiger partial charge in [0, 0.05) is 16.9 Å². The third-order valence-electron chi connectivity index (χ3n) is 5.37. The molecule has 1 aromatic heterocycles. The van der Waals surface area contributed by atoms with Gasteiger partial charge in [-0.2, -0.15) is 0 Å². The van der Waals surface area contributed by atoms with Gasteiger partial charge in [0.15, 0.2) is 6.29 Å². The minimum Gasteiger partial charge on any atom is -0.449 e. The van der Waals surface area contributed by atoms with Crippen LogP contribution in [0, 0.1) is 11.8 Å². The number of carbonyl (C=O) groups excluding carboxylic acids is 1. The van der Waals surface area contributed by atoms with E-state index in [1.165, 1.54) is 22.3 Å². The first-order valence-corrected chi connectivity index (χ1v) is 11.1. The molecule has 5 nitrogen and oxygen atoms in total. The lowest BCUT2D eigenvalue weighted by molar-refractivity contribution is -0.0413. The third kappa shape index (κ3) is 4.21. The second-order valence-corrected chi connectivity index (χ2v) is 8.23. The number of rotatable bonds is 4. The lowest BCUT2D eigenvalue weighted by Crippen LogP contribution is -2.26. The van der Waals surface area contributed by atoms with Crippen LogP contribution in [0.1, 0.15) is 33.8 Å². The summed E-state index contributed by atoms with van der Waals surface area (Å²) < 4.78 is 16.5. The van der Waals surface area contributed by atoms with E-state index in [1.807, 2.05) is 35.7 Å². The number of alkyl carbamates (subject to hydrolysis) is 1. The van der Waals surface area contributed by atoms with E-state index in [4.69, 9.17) is 14.2 Å². The fourth-order valence-corrected chi connectivity index (χ4v) is 4.81. The van der Waals surface area contributed by atoms with E-state index in [0.717, 1.165) is 10.4 Å². The number of fused-ring (bicyclic) bond motifs is 3. The predicted octanol–water partition coefficient (Wildman–Crippen LogP) is 4.68. The van der Waals surface area contributed by atoms with Crippen molar-refractivity contribution in [2.24, 2.45) is 0 Å². The number of hydrogen-bond donors (Lipinski definition) is 1. The van der Waals surface area contributed by atoms with E-state index >= 15 is 0 Å². The molecule has 2 aromatic carbocycles. The summed E-state index contributed by atoms with van der Waals surface area (Å²) >= 11 is 1.56. The zero-order valence-electron chi connectivity index (χ0n) is 16.8. The van der Waals surface area contributed by atoms with Gasteiger partial charge in [0.2, 0.25) is 0 Å². The maximum atomic E-state index is 12.2. The molecule has 6 heteroatoms. The molecule has 1 aliphatic heterocycles. The Morgan fingerprint density at radius 1 is 1.06 bits per heavy atom. The number of ether oxygens (including phenoxy) is 3. The van der Waals surface area contributed by atoms with Crippen molar-refractivity contribution in [3.05, 3.63) is 81.5 Å². The summed E-state index contributed by atoms with van der Waals surface area (Å²) in [7, 11) is 0. The Morgan fingerprint density at radius 2 is 1.74 bits per heavy atom. The molecule has 1 N–H and O–H groups in total. The zero-order chi connectivity index (χ0) is 21.0. The number of benzene rings is 2. The van der Waals surface area contributed by atoms with Crippen molar-refractivity contribution < 1.29 is 19.0 Å². The van der Waals surface area contributed by atoms with Crippen LogP contribution in [-0.4, -0.2) is 32.5 Å². The zero-order valence-corrected chi connectivity index (χ0v) is 17.6. The van der Waals surface area contributed by atoms with Crippen LogP contribution < -0.4 is 5.32 Å². The molecule has 0 unspecified atom stereocenters. The monoisotopic (exact) mass is 431 g/mol. The first-order chi connectivity index (χ1) is 15.3. The van der Waals surface area contributed by atoms with E-state index in [2.05, 4.69) is 41.4 Å². The van der Waals surface area contributed by atoms with E-state index in [1.54, 1.807) is 11.3 Å². The SMILES string of the molecule is O=C(NCC#Cc1csc(C2OCCO2)c1)OCC1c2ccccc2-c2ccccc21. The normalized spacial score (nSPS) is 15.1. The molecule has 156 valence electrons. The van der Waals surface area contributed by atoms with Crippen molar-refractivity contribution >= 4 is 17.4 Å². The van der Waals surface area contributed by atoms with Crippen molar-refractivity contribution in [2.45, 2.75) is 12.2 Å². The molecule has 0 spiro atoms. The molecule has 1 fully saturated rings. The molecule has 2 aliphatic rings. The molecule has 1 aliphatic carbocycles. The second kappa shape index (κ2) is 8.94. The first kappa shape index (κ1) is 19.8. The summed E-state index contributed by atoms with van der Waals surface area (Å²) in [6, 6.07) is 18.5. The minimum absolute atomic E-state index is 0.0495. The minimum atomic E-state index is -0.463. The number of hydrogen-bond acceptors (Lipinski definition) is 5. The molecule has 5 rings (SSSR count). The first-order valence-electron chi connectivity index (χ1n) is 10.2. The lowest BCUT2D eigenvalue weighted by Gasteiger charge is -2.14. The lowest BCUT2D eigenvalue weighted by atomic mass is 9.98. The highest BCUT2D eigenvalue weighted by atomic mass is 32.1. The maximum absolute atomic E-state index is 12.2. The highest BCUT2D eigenvalue weighted by Gasteiger charge is 2.28. The van der Waals surface area contributed by atoms with Crippen LogP contribution in [0.2, 0.25) is 0 Å². The van der Waals surface area contributed by atoms with Crippen LogP contribution in [0.5, 0.6) is 0 Å². The Balaban J connectivity index is 1.14. The summed E-state index contributed by atoms with van der Waals surface area (Å²) in [6.07, 6.45) is -0.741. The van der Waals surface area contributed by atoms with Gasteiger partial charge < -0.3 is 19.5 Å². The van der Waals surface area contributed by atoms with Crippen LogP contribution in [0.3, 0.4) is 0 Å². The van der Waals surface area contributed by atoms with Gasteiger partial charge in [-0.1, -0.05) is 60.4 Å². The fourth-order valence-electron chi connectivity index (χ4n) is 3.98. The van der Waals surface area contributed by atoms with Crippen LogP contribution in [0.25, 0.3) is 11.1 Å². The average Bonchev–Trinajstić information content (AvgIpc) is 3.55. The van der Waals surface area contributed by atoms with Crippen molar-refractivity contribution in [1.82, 2.24) is 5.32 Å². The Labute approximate surface area is 185 Å². The van der Waals surface area contributed by atoms with Crippen molar-refractivity contribution in [2.75, 3.05) is 26.4 Å². The number of amides is 1. The molecule has 0 saturated carbocycles. The maximum Gasteiger partial charge on any atom is 0.407 e. The van der Waals surface area contributed by atoms with E-state index < -0.39 is 6.09 Å². The van der Waals surface area contributed by atoms with Crippen LogP contribution >= 0.6 is 11.3 Å². The molecule has 31 heavy (non-hydrogen) atoms. The average molecular weight is 432 g/mol. The standard InChI is InChI=1S/C25H21NO4S/c27-25(26-11-5-6-17-14-23(31-16-17)24-28-12-13-29-24)30-15-22-20-9-3-1-7-18(20)19-8-2-4-10-21(19)22/h1-4,7-10,14,16,22,24H,11-13,15H2,(H,26,27). The number of nitrogens with one attached hydrogen (secondary N) is 1. The van der Waals surface area contributed by atoms with Gasteiger partial charge in [-0.25, -0.2) is 4.79 Å². The van der Waals surface area contributed by atoms with Gasteiger partial charge in [-0.15, -0.1) is 11.3 Å². The third-order valence-corrected chi connectivity index (χ3v) is 6.33. The largest absolute Gasteiger partial charge is 0.449 e. The number of carbonyl (C=O) groups is 1. The van der Waals surface area contributed by atoms with Gasteiger partial charge in [0.1, 0.15) is 6.61 Å². The van der Waals surface area contributed by atoms with Gasteiger partial charge >= 0.3 is 6.09 Å². The molecule has 0 atom stereocenters. The van der Waals surface area contributed by atoms with Crippen LogP contribution in [0.15, 0.2) is 60.0 Å². The molecular weight excluding hydrogens is 410 g/mol. The van der Waals surface area contributed by atoms with Crippen LogP contribution in [-0.2, 0) is 14.2 Å². The van der Waals surface area contributed by atoms with E-state index in [9.17, 15) is 4.79 Å². The van der Waals surface area contributed by atoms with Crippen molar-refractivity contribution in [3.8, 4) is 23.0 Å². The smallest absolute Gasteiger partial charge is 0.407 e. The van der Waals surface area contributed by atoms with E-state index in [-0.39, 0.29) is 18.8 Å². The Bertz CT molecular complexity index is 1110. The molecule has 3 aromatic rings. The summed E-state index contributed by atoms with van der Waals surface area (Å²) in [4.78, 5) is 13.2. The summed E-state index contributed by atoms with van der Waals surface area (Å²) in [6.45, 7) is 1.75. The molecule has 0 radical (unpaired) electrons. The highest BCUT2D eigenvalue weighted by molar-refractivity contribution is 7.10. The summed E-state index contributed by atoms with van der Waals surface area (Å²) in [5, 5.41) is 4.66. The second-order valence-electron chi connectivity index (χ2n) is 7.29.